The van der Waals surface area contributed by atoms with Crippen molar-refractivity contribution in [2.75, 3.05) is 11.9 Å². The van der Waals surface area contributed by atoms with E-state index in [9.17, 15) is 14.4 Å². The molecule has 3 amide bonds. The highest BCUT2D eigenvalue weighted by Crippen LogP contribution is 2.12. The summed E-state index contributed by atoms with van der Waals surface area (Å²) in [5.74, 6) is -0.0622. The molecule has 8 nitrogen and oxygen atoms in total. The first-order valence-corrected chi connectivity index (χ1v) is 9.30. The van der Waals surface area contributed by atoms with Gasteiger partial charge in [0.25, 0.3) is 5.91 Å². The molecule has 0 saturated carbocycles. The lowest BCUT2D eigenvalue weighted by molar-refractivity contribution is -0.121. The molecule has 0 spiro atoms. The van der Waals surface area contributed by atoms with Gasteiger partial charge in [-0.05, 0) is 48.0 Å². The predicted octanol–water partition coefficient (Wildman–Crippen LogP) is 2.96. The molecule has 0 aliphatic heterocycles. The largest absolute Gasteiger partial charge is 0.465 e. The number of hydrogen-bond donors (Lipinski definition) is 3. The monoisotopic (exact) mass is 407 g/mol. The summed E-state index contributed by atoms with van der Waals surface area (Å²) in [7, 11) is 0. The Balaban J connectivity index is 1.38. The number of amides is 3. The van der Waals surface area contributed by atoms with Crippen molar-refractivity contribution in [3.8, 4) is 0 Å². The fourth-order valence-electron chi connectivity index (χ4n) is 2.55. The lowest BCUT2D eigenvalue weighted by Gasteiger charge is -2.08. The first-order valence-electron chi connectivity index (χ1n) is 9.30. The van der Waals surface area contributed by atoms with E-state index in [1.165, 1.54) is 18.6 Å². The van der Waals surface area contributed by atoms with E-state index in [1.807, 2.05) is 6.07 Å². The number of benzene rings is 1. The zero-order valence-electron chi connectivity index (χ0n) is 16.1. The van der Waals surface area contributed by atoms with Crippen LogP contribution in [0.4, 0.5) is 5.69 Å². The van der Waals surface area contributed by atoms with Gasteiger partial charge < -0.3 is 24.8 Å². The minimum Gasteiger partial charge on any atom is -0.465 e. The molecular weight excluding hydrogens is 386 g/mol. The Labute approximate surface area is 172 Å². The summed E-state index contributed by atoms with van der Waals surface area (Å²) in [5.41, 5.74) is 1.42. The summed E-state index contributed by atoms with van der Waals surface area (Å²) >= 11 is 0. The summed E-state index contributed by atoms with van der Waals surface area (Å²) in [6.07, 6.45) is 5.99. The maximum absolute atomic E-state index is 12.0. The van der Waals surface area contributed by atoms with Gasteiger partial charge in [-0.1, -0.05) is 12.1 Å². The second-order valence-electron chi connectivity index (χ2n) is 6.30. The maximum Gasteiger partial charge on any atom is 0.291 e. The average Bonchev–Trinajstić information content (AvgIpc) is 3.45. The normalized spacial score (nSPS) is 10.7. The van der Waals surface area contributed by atoms with Crippen molar-refractivity contribution in [3.05, 3.63) is 84.2 Å². The van der Waals surface area contributed by atoms with Crippen LogP contribution in [-0.2, 0) is 16.1 Å². The van der Waals surface area contributed by atoms with Crippen molar-refractivity contribution in [1.29, 1.82) is 0 Å². The molecule has 154 valence electrons. The molecule has 3 rings (SSSR count). The Morgan fingerprint density at radius 3 is 2.53 bits per heavy atom. The van der Waals surface area contributed by atoms with Gasteiger partial charge >= 0.3 is 0 Å². The van der Waals surface area contributed by atoms with Crippen LogP contribution in [0.3, 0.4) is 0 Å². The molecule has 0 radical (unpaired) electrons. The fraction of sp³-hybridized carbons (Fsp3) is 0.136. The van der Waals surface area contributed by atoms with Gasteiger partial charge in [0.05, 0.1) is 12.5 Å². The number of nitrogens with one attached hydrogen (secondary N) is 3. The SMILES string of the molecule is O=C(/C=C/c1ccco1)NCCC(=O)NCc1cccc(NC(=O)c2ccco2)c1. The highest BCUT2D eigenvalue weighted by atomic mass is 16.3. The average molecular weight is 407 g/mol. The number of hydrogen-bond acceptors (Lipinski definition) is 5. The molecule has 0 atom stereocenters. The van der Waals surface area contributed by atoms with Gasteiger partial charge in [0.15, 0.2) is 5.76 Å². The van der Waals surface area contributed by atoms with Crippen LogP contribution in [0.25, 0.3) is 6.08 Å². The lowest BCUT2D eigenvalue weighted by Crippen LogP contribution is -2.29. The molecule has 3 aromatic rings. The molecule has 30 heavy (non-hydrogen) atoms. The van der Waals surface area contributed by atoms with Crippen molar-refractivity contribution in [2.45, 2.75) is 13.0 Å². The highest BCUT2D eigenvalue weighted by molar-refractivity contribution is 6.02. The number of rotatable bonds is 9. The summed E-state index contributed by atoms with van der Waals surface area (Å²) in [6.45, 7) is 0.516. The first kappa shape index (κ1) is 20.7. The fourth-order valence-corrected chi connectivity index (χ4v) is 2.55. The molecule has 0 saturated heterocycles. The van der Waals surface area contributed by atoms with E-state index < -0.39 is 0 Å². The lowest BCUT2D eigenvalue weighted by atomic mass is 10.2. The van der Waals surface area contributed by atoms with Gasteiger partial charge in [0.2, 0.25) is 11.8 Å². The zero-order chi connectivity index (χ0) is 21.2. The Kier molecular flexibility index (Phi) is 7.21. The van der Waals surface area contributed by atoms with Gasteiger partial charge in [-0.2, -0.15) is 0 Å². The quantitative estimate of drug-likeness (QED) is 0.472. The number of anilines is 1. The third kappa shape index (κ3) is 6.52. The van der Waals surface area contributed by atoms with Crippen LogP contribution in [0, 0.1) is 0 Å². The van der Waals surface area contributed by atoms with Crippen LogP contribution in [-0.4, -0.2) is 24.3 Å². The van der Waals surface area contributed by atoms with E-state index in [-0.39, 0.29) is 36.4 Å². The van der Waals surface area contributed by atoms with E-state index >= 15 is 0 Å². The molecule has 0 bridgehead atoms. The van der Waals surface area contributed by atoms with Crippen LogP contribution in [0.1, 0.15) is 28.3 Å². The van der Waals surface area contributed by atoms with Gasteiger partial charge in [-0.3, -0.25) is 14.4 Å². The smallest absolute Gasteiger partial charge is 0.291 e. The van der Waals surface area contributed by atoms with Crippen molar-refractivity contribution >= 4 is 29.5 Å². The predicted molar refractivity (Wildman–Crippen MR) is 110 cm³/mol. The van der Waals surface area contributed by atoms with Crippen molar-refractivity contribution in [2.24, 2.45) is 0 Å². The Morgan fingerprint density at radius 2 is 1.77 bits per heavy atom. The third-order valence-electron chi connectivity index (χ3n) is 4.01. The Morgan fingerprint density at radius 1 is 0.933 bits per heavy atom. The van der Waals surface area contributed by atoms with Crippen molar-refractivity contribution < 1.29 is 23.2 Å². The number of carbonyl (C=O) groups excluding carboxylic acids is 3. The van der Waals surface area contributed by atoms with Gasteiger partial charge in [0, 0.05) is 31.3 Å². The summed E-state index contributed by atoms with van der Waals surface area (Å²) in [5, 5.41) is 8.15. The van der Waals surface area contributed by atoms with Crippen molar-refractivity contribution in [1.82, 2.24) is 10.6 Å². The van der Waals surface area contributed by atoms with Gasteiger partial charge in [-0.15, -0.1) is 0 Å². The second-order valence-corrected chi connectivity index (χ2v) is 6.30. The van der Waals surface area contributed by atoms with Gasteiger partial charge in [-0.25, -0.2) is 0 Å². The van der Waals surface area contributed by atoms with Gasteiger partial charge in [0.1, 0.15) is 5.76 Å². The molecule has 8 heteroatoms. The molecular formula is C22H21N3O5. The molecule has 0 unspecified atom stereocenters. The Bertz CT molecular complexity index is 1010. The van der Waals surface area contributed by atoms with Crippen LogP contribution in [0.5, 0.6) is 0 Å². The summed E-state index contributed by atoms with van der Waals surface area (Å²) in [4.78, 5) is 35.7. The molecule has 2 aromatic heterocycles. The van der Waals surface area contributed by atoms with Crippen LogP contribution in [0.2, 0.25) is 0 Å². The standard InChI is InChI=1S/C22H21N3O5/c26-20(9-8-18-6-2-12-29-18)23-11-10-21(27)24-15-16-4-1-5-17(14-16)25-22(28)19-7-3-13-30-19/h1-9,12-14H,10-11,15H2,(H,23,26)(H,24,27)(H,25,28)/b9-8+. The van der Waals surface area contributed by atoms with E-state index in [4.69, 9.17) is 8.83 Å². The van der Waals surface area contributed by atoms with Crippen molar-refractivity contribution in [3.63, 3.8) is 0 Å². The van der Waals surface area contributed by atoms with Crippen LogP contribution >= 0.6 is 0 Å². The van der Waals surface area contributed by atoms with E-state index in [2.05, 4.69) is 16.0 Å². The minimum atomic E-state index is -0.349. The Hall–Kier alpha value is -4.07. The molecule has 0 aliphatic rings. The van der Waals surface area contributed by atoms with E-state index in [1.54, 1.807) is 48.5 Å². The molecule has 1 aromatic carbocycles. The number of carbonyl (C=O) groups is 3. The molecule has 2 heterocycles. The molecule has 0 fully saturated rings. The summed E-state index contributed by atoms with van der Waals surface area (Å²) < 4.78 is 10.1. The zero-order valence-corrected chi connectivity index (χ0v) is 16.1. The van der Waals surface area contributed by atoms with E-state index in [0.717, 1.165) is 5.56 Å². The highest BCUT2D eigenvalue weighted by Gasteiger charge is 2.09. The van der Waals surface area contributed by atoms with E-state index in [0.29, 0.717) is 18.0 Å². The van der Waals surface area contributed by atoms with Crippen LogP contribution < -0.4 is 16.0 Å². The first-order chi connectivity index (χ1) is 14.6. The second kappa shape index (κ2) is 10.5. The van der Waals surface area contributed by atoms with Crippen LogP contribution in [0.15, 0.2) is 76.0 Å². The molecule has 0 aliphatic carbocycles. The summed E-state index contributed by atoms with van der Waals surface area (Å²) in [6, 6.07) is 13.8. The topological polar surface area (TPSA) is 114 Å². The molecule has 3 N–H and O–H groups in total. The third-order valence-corrected chi connectivity index (χ3v) is 4.01. The maximum atomic E-state index is 12.0. The minimum absolute atomic E-state index is 0.148. The number of furan rings is 2.